The first-order valence-corrected chi connectivity index (χ1v) is 10.9. The maximum atomic E-state index is 12.9. The predicted molar refractivity (Wildman–Crippen MR) is 110 cm³/mol. The Balaban J connectivity index is 1.41. The first kappa shape index (κ1) is 19.7. The molecule has 3 aromatic heterocycles. The lowest BCUT2D eigenvalue weighted by Crippen LogP contribution is -2.43. The van der Waals surface area contributed by atoms with Crippen molar-refractivity contribution >= 4 is 27.9 Å². The molecule has 4 heterocycles. The van der Waals surface area contributed by atoms with E-state index in [0.29, 0.717) is 22.3 Å². The number of aromatic nitrogens is 3. The zero-order valence-corrected chi connectivity index (χ0v) is 17.0. The summed E-state index contributed by atoms with van der Waals surface area (Å²) in [5.41, 5.74) is 2.72. The van der Waals surface area contributed by atoms with Crippen molar-refractivity contribution in [2.45, 2.75) is 31.5 Å². The molecule has 2 aliphatic rings. The largest absolute Gasteiger partial charge is 0.434 e. The summed E-state index contributed by atoms with van der Waals surface area (Å²) in [4.78, 5) is 13.8. The number of hydrogen-bond acceptors (Lipinski definition) is 5. The SMILES string of the molecule is FC(F)(F)c1csc(-c2c[nH]c3ncc(C4=CCC(N5CCOCC5)CC4)cc23)n1. The molecule has 30 heavy (non-hydrogen) atoms. The Morgan fingerprint density at radius 3 is 2.77 bits per heavy atom. The van der Waals surface area contributed by atoms with Gasteiger partial charge in [0.25, 0.3) is 0 Å². The Morgan fingerprint density at radius 1 is 1.23 bits per heavy atom. The van der Waals surface area contributed by atoms with Crippen LogP contribution in [-0.2, 0) is 10.9 Å². The van der Waals surface area contributed by atoms with Crippen molar-refractivity contribution < 1.29 is 17.9 Å². The Hall–Kier alpha value is -2.23. The first-order chi connectivity index (χ1) is 14.5. The number of ether oxygens (including phenoxy) is 1. The molecule has 0 spiro atoms. The van der Waals surface area contributed by atoms with E-state index in [4.69, 9.17) is 4.74 Å². The topological polar surface area (TPSA) is 54.0 Å². The monoisotopic (exact) mass is 434 g/mol. The molecule has 0 bridgehead atoms. The van der Waals surface area contributed by atoms with Crippen LogP contribution in [0.1, 0.15) is 30.5 Å². The second-order valence-corrected chi connectivity index (χ2v) is 8.52. The lowest BCUT2D eigenvalue weighted by Gasteiger charge is -2.36. The van der Waals surface area contributed by atoms with Crippen LogP contribution in [0.2, 0.25) is 0 Å². The number of alkyl halides is 3. The molecule has 5 nitrogen and oxygen atoms in total. The van der Waals surface area contributed by atoms with Gasteiger partial charge in [0.2, 0.25) is 0 Å². The van der Waals surface area contributed by atoms with Crippen LogP contribution in [-0.4, -0.2) is 52.2 Å². The van der Waals surface area contributed by atoms with Crippen LogP contribution >= 0.6 is 11.3 Å². The van der Waals surface area contributed by atoms with Gasteiger partial charge in [-0.1, -0.05) is 6.08 Å². The van der Waals surface area contributed by atoms with Gasteiger partial charge in [-0.25, -0.2) is 9.97 Å². The van der Waals surface area contributed by atoms with Gasteiger partial charge in [0.1, 0.15) is 10.7 Å². The third kappa shape index (κ3) is 3.77. The number of pyridine rings is 1. The molecule has 1 aliphatic carbocycles. The molecular formula is C21H21F3N4OS. The van der Waals surface area contributed by atoms with Gasteiger partial charge in [-0.15, -0.1) is 11.3 Å². The molecule has 3 aromatic rings. The summed E-state index contributed by atoms with van der Waals surface area (Å²) in [6.07, 6.45) is 4.42. The van der Waals surface area contributed by atoms with E-state index in [2.05, 4.69) is 25.9 Å². The summed E-state index contributed by atoms with van der Waals surface area (Å²) in [6, 6.07) is 2.57. The highest BCUT2D eigenvalue weighted by Crippen LogP contribution is 2.37. The molecule has 1 unspecified atom stereocenters. The van der Waals surface area contributed by atoms with Crippen LogP contribution in [0.25, 0.3) is 27.2 Å². The summed E-state index contributed by atoms with van der Waals surface area (Å²) in [5, 5.41) is 2.20. The van der Waals surface area contributed by atoms with E-state index >= 15 is 0 Å². The van der Waals surface area contributed by atoms with Crippen LogP contribution in [0.15, 0.2) is 29.9 Å². The van der Waals surface area contributed by atoms with Gasteiger partial charge < -0.3 is 9.72 Å². The van der Waals surface area contributed by atoms with Crippen molar-refractivity contribution in [1.82, 2.24) is 19.9 Å². The van der Waals surface area contributed by atoms with E-state index in [-0.39, 0.29) is 0 Å². The average molecular weight is 434 g/mol. The average Bonchev–Trinajstić information content (AvgIpc) is 3.41. The van der Waals surface area contributed by atoms with Crippen LogP contribution in [0.4, 0.5) is 13.2 Å². The van der Waals surface area contributed by atoms with Gasteiger partial charge in [-0.05, 0) is 36.5 Å². The normalized spacial score (nSPS) is 21.2. The highest BCUT2D eigenvalue weighted by Gasteiger charge is 2.34. The smallest absolute Gasteiger partial charge is 0.379 e. The van der Waals surface area contributed by atoms with Gasteiger partial charge in [0.05, 0.1) is 13.2 Å². The summed E-state index contributed by atoms with van der Waals surface area (Å²) in [6.45, 7) is 3.58. The quantitative estimate of drug-likeness (QED) is 0.632. The second-order valence-electron chi connectivity index (χ2n) is 7.66. The van der Waals surface area contributed by atoms with Crippen molar-refractivity contribution in [3.8, 4) is 10.6 Å². The number of H-pyrrole nitrogens is 1. The van der Waals surface area contributed by atoms with Gasteiger partial charge in [0, 0.05) is 47.9 Å². The number of allylic oxidation sites excluding steroid dienone is 1. The summed E-state index contributed by atoms with van der Waals surface area (Å²) in [5.74, 6) is 0. The molecule has 1 fully saturated rings. The number of nitrogens with zero attached hydrogens (tertiary/aromatic N) is 3. The molecule has 0 aromatic carbocycles. The minimum absolute atomic E-state index is 0.345. The number of hydrogen-bond donors (Lipinski definition) is 1. The molecule has 158 valence electrons. The van der Waals surface area contributed by atoms with Crippen LogP contribution in [0.3, 0.4) is 0 Å². The fourth-order valence-corrected chi connectivity index (χ4v) is 5.10. The first-order valence-electron chi connectivity index (χ1n) is 10.0. The van der Waals surface area contributed by atoms with E-state index in [1.54, 1.807) is 6.20 Å². The Morgan fingerprint density at radius 2 is 2.07 bits per heavy atom. The van der Waals surface area contributed by atoms with Crippen molar-refractivity contribution in [2.24, 2.45) is 0 Å². The molecule has 9 heteroatoms. The number of halogens is 3. The summed E-state index contributed by atoms with van der Waals surface area (Å²) >= 11 is 0.997. The van der Waals surface area contributed by atoms with Crippen LogP contribution in [0, 0.1) is 0 Å². The maximum absolute atomic E-state index is 12.9. The van der Waals surface area contributed by atoms with Crippen molar-refractivity contribution in [3.05, 3.63) is 41.2 Å². The zero-order valence-electron chi connectivity index (χ0n) is 16.2. The van der Waals surface area contributed by atoms with Gasteiger partial charge in [0.15, 0.2) is 5.69 Å². The Bertz CT molecular complexity index is 1080. The van der Waals surface area contributed by atoms with Gasteiger partial charge in [-0.3, -0.25) is 4.90 Å². The van der Waals surface area contributed by atoms with E-state index in [1.165, 1.54) is 5.57 Å². The van der Waals surface area contributed by atoms with E-state index in [0.717, 1.165) is 73.2 Å². The van der Waals surface area contributed by atoms with Crippen LogP contribution < -0.4 is 0 Å². The molecule has 0 amide bonds. The van der Waals surface area contributed by atoms with E-state index in [1.807, 2.05) is 12.3 Å². The number of morpholine rings is 1. The molecule has 1 aliphatic heterocycles. The van der Waals surface area contributed by atoms with Gasteiger partial charge in [-0.2, -0.15) is 13.2 Å². The predicted octanol–water partition coefficient (Wildman–Crippen LogP) is 4.97. The number of rotatable bonds is 3. The molecule has 1 atom stereocenters. The minimum Gasteiger partial charge on any atom is -0.379 e. The number of nitrogens with one attached hydrogen (secondary N) is 1. The van der Waals surface area contributed by atoms with E-state index < -0.39 is 11.9 Å². The molecule has 0 radical (unpaired) electrons. The van der Waals surface area contributed by atoms with Gasteiger partial charge >= 0.3 is 6.18 Å². The molecule has 1 N–H and O–H groups in total. The Kier molecular flexibility index (Phi) is 5.12. The third-order valence-electron chi connectivity index (χ3n) is 5.87. The molecule has 5 rings (SSSR count). The molecule has 0 saturated carbocycles. The van der Waals surface area contributed by atoms with Crippen LogP contribution in [0.5, 0.6) is 0 Å². The summed E-state index contributed by atoms with van der Waals surface area (Å²) in [7, 11) is 0. The summed E-state index contributed by atoms with van der Waals surface area (Å²) < 4.78 is 44.3. The second kappa shape index (κ2) is 7.79. The highest BCUT2D eigenvalue weighted by molar-refractivity contribution is 7.13. The lowest BCUT2D eigenvalue weighted by atomic mass is 9.90. The number of aromatic amines is 1. The number of fused-ring (bicyclic) bond motifs is 1. The Labute approximate surface area is 175 Å². The number of thiazole rings is 1. The fraction of sp³-hybridized carbons (Fsp3) is 0.429. The molecular weight excluding hydrogens is 413 g/mol. The zero-order chi connectivity index (χ0) is 20.7. The fourth-order valence-electron chi connectivity index (χ4n) is 4.24. The van der Waals surface area contributed by atoms with Crippen molar-refractivity contribution in [1.29, 1.82) is 0 Å². The third-order valence-corrected chi connectivity index (χ3v) is 6.75. The lowest BCUT2D eigenvalue weighted by molar-refractivity contribution is -0.140. The van der Waals surface area contributed by atoms with E-state index in [9.17, 15) is 13.2 Å². The van der Waals surface area contributed by atoms with Crippen molar-refractivity contribution in [2.75, 3.05) is 26.3 Å². The minimum atomic E-state index is -4.44. The standard InChI is InChI=1S/C21H21F3N4OS/c22-21(23,24)18-12-30-20(27-18)17-11-26-19-16(17)9-14(10-25-19)13-1-3-15(4-2-13)28-5-7-29-8-6-28/h1,9-12,15H,2-8H2,(H,25,26). The van der Waals surface area contributed by atoms with Crippen molar-refractivity contribution in [3.63, 3.8) is 0 Å². The molecule has 1 saturated heterocycles. The maximum Gasteiger partial charge on any atom is 0.434 e. The highest BCUT2D eigenvalue weighted by atomic mass is 32.1.